The summed E-state index contributed by atoms with van der Waals surface area (Å²) in [7, 11) is 7.56. The van der Waals surface area contributed by atoms with Gasteiger partial charge < -0.3 is 14.4 Å². The molecule has 1 aromatic rings. The quantitative estimate of drug-likeness (QED) is 0.151. The Labute approximate surface area is 160 Å². The number of ether oxygens (including phenoxy) is 2. The smallest absolute Gasteiger partial charge is 0.365 e. The lowest BCUT2D eigenvalue weighted by atomic mass is 9.81. The second-order valence-electron chi connectivity index (χ2n) is 6.77. The van der Waals surface area contributed by atoms with E-state index in [1.165, 1.54) is 4.92 Å². The molecule has 0 aliphatic carbocycles. The molecule has 0 amide bonds. The average Bonchev–Trinajstić information content (AvgIpc) is 2.94. The van der Waals surface area contributed by atoms with Gasteiger partial charge in [0.15, 0.2) is 0 Å². The Bertz CT molecular complexity index is 730. The summed E-state index contributed by atoms with van der Waals surface area (Å²) in [5, 5.41) is 14.0. The molecule has 0 fully saturated rings. The van der Waals surface area contributed by atoms with Gasteiger partial charge in [0.25, 0.3) is 0 Å². The Morgan fingerprint density at radius 2 is 1.96 bits per heavy atom. The van der Waals surface area contributed by atoms with Gasteiger partial charge in [0, 0.05) is 5.72 Å². The number of nitrogens with zero attached hydrogens (tertiary/aromatic N) is 5. The van der Waals surface area contributed by atoms with E-state index in [0.29, 0.717) is 12.1 Å². The molecule has 0 N–H and O–H groups in total. The van der Waals surface area contributed by atoms with Gasteiger partial charge in [-0.2, -0.15) is 5.26 Å². The Morgan fingerprint density at radius 1 is 1.41 bits per heavy atom. The molecule has 1 heterocycles. The molecule has 0 spiro atoms. The van der Waals surface area contributed by atoms with Crippen LogP contribution in [0.15, 0.2) is 17.5 Å². The molecular formula is C17H26BN5O4. The fraction of sp³-hybridized carbons (Fsp3) is 0.588. The van der Waals surface area contributed by atoms with Crippen LogP contribution in [0.25, 0.3) is 0 Å². The van der Waals surface area contributed by atoms with Gasteiger partial charge in [-0.25, -0.2) is 14.7 Å². The van der Waals surface area contributed by atoms with Crippen molar-refractivity contribution in [2.75, 3.05) is 14.2 Å². The average molecular weight is 375 g/mol. The molecule has 9 nitrogen and oxygen atoms in total. The van der Waals surface area contributed by atoms with Crippen LogP contribution in [0.4, 0.5) is 0 Å². The van der Waals surface area contributed by atoms with Gasteiger partial charge in [-0.3, -0.25) is 9.13 Å². The number of hydrogen-bond donors (Lipinski definition) is 0. The van der Waals surface area contributed by atoms with Gasteiger partial charge in [0.2, 0.25) is 5.71 Å². The van der Waals surface area contributed by atoms with Crippen molar-refractivity contribution in [3.63, 3.8) is 0 Å². The fourth-order valence-electron chi connectivity index (χ4n) is 2.63. The number of methoxy groups -OCH3 is 2. The first-order valence-corrected chi connectivity index (χ1v) is 8.41. The first-order chi connectivity index (χ1) is 12.6. The molecule has 146 valence electrons. The van der Waals surface area contributed by atoms with E-state index in [1.807, 2.05) is 49.5 Å². The van der Waals surface area contributed by atoms with E-state index in [2.05, 4.69) is 20.6 Å². The molecule has 1 unspecified atom stereocenters. The van der Waals surface area contributed by atoms with Crippen LogP contribution in [0.2, 0.25) is 0 Å². The first kappa shape index (κ1) is 22.2. The summed E-state index contributed by atoms with van der Waals surface area (Å²) in [6.07, 6.45) is 4.12. The van der Waals surface area contributed by atoms with E-state index in [1.54, 1.807) is 14.3 Å². The summed E-state index contributed by atoms with van der Waals surface area (Å²) in [5.41, 5.74) is -0.949. The third kappa shape index (κ3) is 5.32. The Kier molecular flexibility index (Phi) is 7.58. The molecule has 0 saturated carbocycles. The second-order valence-corrected chi connectivity index (χ2v) is 6.77. The monoisotopic (exact) mass is 375 g/mol. The van der Waals surface area contributed by atoms with E-state index >= 15 is 0 Å². The van der Waals surface area contributed by atoms with E-state index in [4.69, 9.17) is 0 Å². The molecule has 2 radical (unpaired) electrons. The van der Waals surface area contributed by atoms with E-state index in [9.17, 15) is 14.9 Å². The van der Waals surface area contributed by atoms with Crippen LogP contribution in [0.3, 0.4) is 0 Å². The predicted molar refractivity (Wildman–Crippen MR) is 98.8 cm³/mol. The number of imidazole rings is 1. The topological polar surface area (TPSA) is 101 Å². The highest BCUT2D eigenvalue weighted by molar-refractivity contribution is 6.63. The predicted octanol–water partition coefficient (Wildman–Crippen LogP) is -0.574. The Morgan fingerprint density at radius 3 is 2.33 bits per heavy atom. The minimum atomic E-state index is -1.11. The SMILES string of the molecule is COC(=O)C(=NN([B-]c1n(C)cc[n+]1C)C(C)(C#N)CC(C)C)C(=O)OC. The summed E-state index contributed by atoms with van der Waals surface area (Å²) in [4.78, 5) is 25.4. The molecule has 0 saturated heterocycles. The summed E-state index contributed by atoms with van der Waals surface area (Å²) in [5.74, 6) is -1.72. The number of nitriles is 1. The maximum Gasteiger partial charge on any atom is 0.365 e. The molecule has 0 bridgehead atoms. The molecule has 0 aliphatic rings. The van der Waals surface area contributed by atoms with Crippen molar-refractivity contribution in [1.82, 2.24) is 9.49 Å². The zero-order valence-electron chi connectivity index (χ0n) is 16.9. The Balaban J connectivity index is 3.52. The van der Waals surface area contributed by atoms with Crippen LogP contribution in [0, 0.1) is 17.2 Å². The molecule has 27 heavy (non-hydrogen) atoms. The van der Waals surface area contributed by atoms with Crippen molar-refractivity contribution in [1.29, 1.82) is 5.26 Å². The van der Waals surface area contributed by atoms with Crippen molar-refractivity contribution in [3.8, 4) is 6.07 Å². The van der Waals surface area contributed by atoms with Crippen molar-refractivity contribution >= 4 is 30.8 Å². The van der Waals surface area contributed by atoms with Crippen molar-refractivity contribution in [3.05, 3.63) is 12.4 Å². The number of aryl methyl sites for hydroxylation is 2. The minimum Gasteiger partial charge on any atom is -0.506 e. The van der Waals surface area contributed by atoms with E-state index in [-0.39, 0.29) is 5.92 Å². The van der Waals surface area contributed by atoms with Crippen LogP contribution >= 0.6 is 0 Å². The third-order valence-electron chi connectivity index (χ3n) is 3.99. The van der Waals surface area contributed by atoms with Gasteiger partial charge in [-0.05, 0) is 26.7 Å². The molecule has 1 rings (SSSR count). The lowest BCUT2D eigenvalue weighted by Gasteiger charge is -2.44. The summed E-state index contributed by atoms with van der Waals surface area (Å²) in [6, 6.07) is 2.25. The van der Waals surface area contributed by atoms with Crippen LogP contribution < -0.4 is 10.3 Å². The zero-order valence-corrected chi connectivity index (χ0v) is 16.9. The highest BCUT2D eigenvalue weighted by atomic mass is 16.5. The molecule has 1 atom stereocenters. The molecule has 0 aromatic carbocycles. The Hall–Kier alpha value is -2.83. The highest BCUT2D eigenvalue weighted by Gasteiger charge is 2.30. The number of carbonyl (C=O) groups is 2. The third-order valence-corrected chi connectivity index (χ3v) is 3.99. The normalized spacial score (nSPS) is 12.7. The second kappa shape index (κ2) is 9.21. The maximum atomic E-state index is 12.0. The fourth-order valence-corrected chi connectivity index (χ4v) is 2.63. The number of hydrazone groups is 1. The van der Waals surface area contributed by atoms with Crippen LogP contribution in [-0.4, -0.2) is 54.3 Å². The van der Waals surface area contributed by atoms with E-state index < -0.39 is 23.2 Å². The lowest BCUT2D eigenvalue weighted by molar-refractivity contribution is -0.653. The minimum absolute atomic E-state index is 0.169. The molecule has 1 aromatic heterocycles. The lowest BCUT2D eigenvalue weighted by Crippen LogP contribution is -2.58. The van der Waals surface area contributed by atoms with Crippen molar-refractivity contribution < 1.29 is 23.6 Å². The first-order valence-electron chi connectivity index (χ1n) is 8.41. The van der Waals surface area contributed by atoms with Crippen LogP contribution in [0.5, 0.6) is 0 Å². The number of aromatic nitrogens is 2. The zero-order chi connectivity index (χ0) is 20.8. The summed E-state index contributed by atoms with van der Waals surface area (Å²) in [6.45, 7) is 5.64. The number of hydrogen-bond acceptors (Lipinski definition) is 7. The highest BCUT2D eigenvalue weighted by Crippen LogP contribution is 2.23. The van der Waals surface area contributed by atoms with Gasteiger partial charge in [0.1, 0.15) is 12.4 Å². The number of carbonyl (C=O) groups excluding carboxylic acids is 2. The summed E-state index contributed by atoms with van der Waals surface area (Å²) >= 11 is 0. The van der Waals surface area contributed by atoms with Gasteiger partial charge in [0.05, 0.1) is 39.9 Å². The standard InChI is InChI=1S/C17H26BN5O4/c1-12(2)10-17(3,11-19)23(18-16-21(4)8-9-22(16)5)20-13(14(24)26-6)15(25)27-7/h8-9,12H,10H2,1-7H3. The number of esters is 2. The summed E-state index contributed by atoms with van der Waals surface area (Å²) < 4.78 is 12.9. The molecular weight excluding hydrogens is 349 g/mol. The van der Waals surface area contributed by atoms with Gasteiger partial charge in [-0.15, -0.1) is 0 Å². The molecule has 0 aliphatic heterocycles. The van der Waals surface area contributed by atoms with Crippen LogP contribution in [-0.2, 0) is 33.2 Å². The molecule has 10 heteroatoms. The van der Waals surface area contributed by atoms with Crippen molar-refractivity contribution in [2.24, 2.45) is 25.1 Å². The van der Waals surface area contributed by atoms with Crippen LogP contribution in [0.1, 0.15) is 27.2 Å². The van der Waals surface area contributed by atoms with Gasteiger partial charge in [-0.1, -0.05) is 13.8 Å². The maximum absolute atomic E-state index is 12.0. The number of rotatable bonds is 8. The van der Waals surface area contributed by atoms with E-state index in [0.717, 1.165) is 14.2 Å². The van der Waals surface area contributed by atoms with Crippen molar-refractivity contribution in [2.45, 2.75) is 32.7 Å². The largest absolute Gasteiger partial charge is 0.506 e. The van der Waals surface area contributed by atoms with Gasteiger partial charge >= 0.3 is 11.9 Å².